The standard InChI is InChI=1S/C18H20F3NO4/c1-4-25-14(23)7-6-11-15-12(18(19,20)21)8-10(3)9-13(15)22-16(11)17(24)26-5-2/h8-9,22H,4-7H2,1-3H3. The van der Waals surface area contributed by atoms with Gasteiger partial charge >= 0.3 is 18.1 Å². The highest BCUT2D eigenvalue weighted by atomic mass is 19.4. The molecule has 0 amide bonds. The first-order valence-corrected chi connectivity index (χ1v) is 8.24. The Kier molecular flexibility index (Phi) is 5.94. The van der Waals surface area contributed by atoms with Crippen molar-refractivity contribution in [1.29, 1.82) is 0 Å². The molecule has 0 atom stereocenters. The maximum Gasteiger partial charge on any atom is 0.417 e. The summed E-state index contributed by atoms with van der Waals surface area (Å²) in [5, 5.41) is -0.115. The van der Waals surface area contributed by atoms with Crippen LogP contribution in [-0.4, -0.2) is 30.1 Å². The van der Waals surface area contributed by atoms with Gasteiger partial charge in [-0.15, -0.1) is 0 Å². The average Bonchev–Trinajstić information content (AvgIpc) is 2.90. The van der Waals surface area contributed by atoms with Crippen molar-refractivity contribution in [1.82, 2.24) is 4.98 Å². The summed E-state index contributed by atoms with van der Waals surface area (Å²) in [4.78, 5) is 26.6. The Morgan fingerprint density at radius 1 is 1.12 bits per heavy atom. The molecule has 1 heterocycles. The number of rotatable bonds is 6. The van der Waals surface area contributed by atoms with Crippen LogP contribution in [0, 0.1) is 6.92 Å². The molecule has 5 nitrogen and oxygen atoms in total. The zero-order valence-electron chi connectivity index (χ0n) is 14.8. The zero-order chi connectivity index (χ0) is 19.5. The lowest BCUT2D eigenvalue weighted by Gasteiger charge is -2.12. The Balaban J connectivity index is 2.64. The van der Waals surface area contributed by atoms with Crippen molar-refractivity contribution in [2.45, 2.75) is 39.8 Å². The largest absolute Gasteiger partial charge is 0.466 e. The van der Waals surface area contributed by atoms with Crippen molar-refractivity contribution in [3.8, 4) is 0 Å². The van der Waals surface area contributed by atoms with E-state index in [0.717, 1.165) is 6.07 Å². The van der Waals surface area contributed by atoms with Gasteiger partial charge in [-0.2, -0.15) is 13.2 Å². The van der Waals surface area contributed by atoms with Gasteiger partial charge in [-0.3, -0.25) is 4.79 Å². The molecular weight excluding hydrogens is 351 g/mol. The summed E-state index contributed by atoms with van der Waals surface area (Å²) in [6, 6.07) is 2.56. The number of aryl methyl sites for hydroxylation is 2. The minimum absolute atomic E-state index is 0.0674. The molecule has 0 saturated heterocycles. The van der Waals surface area contributed by atoms with Crippen molar-refractivity contribution >= 4 is 22.8 Å². The molecule has 0 saturated carbocycles. The minimum Gasteiger partial charge on any atom is -0.466 e. The molecule has 1 aromatic carbocycles. The SMILES string of the molecule is CCOC(=O)CCc1c(C(=O)OCC)[nH]c2cc(C)cc(C(F)(F)F)c12. The van der Waals surface area contributed by atoms with Crippen molar-refractivity contribution < 1.29 is 32.2 Å². The number of ether oxygens (including phenoxy) is 2. The van der Waals surface area contributed by atoms with Gasteiger partial charge in [0.25, 0.3) is 0 Å². The molecule has 0 radical (unpaired) electrons. The third-order valence-electron chi connectivity index (χ3n) is 3.82. The summed E-state index contributed by atoms with van der Waals surface area (Å²) in [6.07, 6.45) is -4.81. The predicted molar refractivity (Wildman–Crippen MR) is 88.9 cm³/mol. The second kappa shape index (κ2) is 7.80. The molecule has 0 aliphatic rings. The molecule has 0 fully saturated rings. The van der Waals surface area contributed by atoms with E-state index in [9.17, 15) is 22.8 Å². The summed E-state index contributed by atoms with van der Waals surface area (Å²) >= 11 is 0. The smallest absolute Gasteiger partial charge is 0.417 e. The minimum atomic E-state index is -4.60. The Bertz CT molecular complexity index is 824. The fourth-order valence-electron chi connectivity index (χ4n) is 2.86. The molecule has 2 rings (SSSR count). The Morgan fingerprint density at radius 2 is 1.77 bits per heavy atom. The topological polar surface area (TPSA) is 68.4 Å². The summed E-state index contributed by atoms with van der Waals surface area (Å²) in [7, 11) is 0. The summed E-state index contributed by atoms with van der Waals surface area (Å²) in [6.45, 7) is 5.03. The van der Waals surface area contributed by atoms with Crippen molar-refractivity contribution in [2.24, 2.45) is 0 Å². The fraction of sp³-hybridized carbons (Fsp3) is 0.444. The van der Waals surface area contributed by atoms with E-state index in [1.807, 2.05) is 0 Å². The van der Waals surface area contributed by atoms with Gasteiger partial charge in [0.2, 0.25) is 0 Å². The van der Waals surface area contributed by atoms with Gasteiger partial charge in [-0.1, -0.05) is 0 Å². The lowest BCUT2D eigenvalue weighted by Crippen LogP contribution is -2.11. The van der Waals surface area contributed by atoms with E-state index in [4.69, 9.17) is 9.47 Å². The van der Waals surface area contributed by atoms with Gasteiger partial charge in [-0.25, -0.2) is 4.79 Å². The van der Waals surface area contributed by atoms with E-state index in [2.05, 4.69) is 4.98 Å². The van der Waals surface area contributed by atoms with Crippen LogP contribution in [0.5, 0.6) is 0 Å². The van der Waals surface area contributed by atoms with Crippen LogP contribution in [0.15, 0.2) is 12.1 Å². The van der Waals surface area contributed by atoms with Crippen LogP contribution in [0.25, 0.3) is 10.9 Å². The lowest BCUT2D eigenvalue weighted by molar-refractivity contribution is -0.143. The van der Waals surface area contributed by atoms with Crippen molar-refractivity contribution in [3.63, 3.8) is 0 Å². The second-order valence-electron chi connectivity index (χ2n) is 5.74. The molecule has 0 spiro atoms. The van der Waals surface area contributed by atoms with Crippen molar-refractivity contribution in [3.05, 3.63) is 34.5 Å². The van der Waals surface area contributed by atoms with Crippen LogP contribution in [0.1, 0.15) is 47.4 Å². The zero-order valence-corrected chi connectivity index (χ0v) is 14.8. The Morgan fingerprint density at radius 3 is 2.35 bits per heavy atom. The number of carbonyl (C=O) groups excluding carboxylic acids is 2. The molecular formula is C18H20F3NO4. The Hall–Kier alpha value is -2.51. The van der Waals surface area contributed by atoms with E-state index in [1.54, 1.807) is 13.8 Å². The number of hydrogen-bond acceptors (Lipinski definition) is 4. The number of fused-ring (bicyclic) bond motifs is 1. The third kappa shape index (κ3) is 4.17. The number of carbonyl (C=O) groups is 2. The van der Waals surface area contributed by atoms with Crippen LogP contribution in [0.2, 0.25) is 0 Å². The van der Waals surface area contributed by atoms with Crippen LogP contribution in [0.4, 0.5) is 13.2 Å². The number of hydrogen-bond donors (Lipinski definition) is 1. The quantitative estimate of drug-likeness (QED) is 0.774. The van der Waals surface area contributed by atoms with Crippen molar-refractivity contribution in [2.75, 3.05) is 13.2 Å². The lowest BCUT2D eigenvalue weighted by atomic mass is 9.99. The summed E-state index contributed by atoms with van der Waals surface area (Å²) in [5.41, 5.74) is -0.225. The van der Waals surface area contributed by atoms with Crippen LogP contribution >= 0.6 is 0 Å². The van der Waals surface area contributed by atoms with Crippen LogP contribution < -0.4 is 0 Å². The molecule has 8 heteroatoms. The molecule has 142 valence electrons. The number of H-pyrrole nitrogens is 1. The molecule has 26 heavy (non-hydrogen) atoms. The molecule has 0 bridgehead atoms. The molecule has 2 aromatic rings. The summed E-state index contributed by atoms with van der Waals surface area (Å²) < 4.78 is 50.4. The maximum absolute atomic E-state index is 13.5. The van der Waals surface area contributed by atoms with Gasteiger partial charge in [0, 0.05) is 17.3 Å². The highest BCUT2D eigenvalue weighted by Crippen LogP contribution is 2.39. The average molecular weight is 371 g/mol. The van der Waals surface area contributed by atoms with E-state index in [0.29, 0.717) is 5.56 Å². The highest BCUT2D eigenvalue weighted by molar-refractivity contribution is 6.00. The maximum atomic E-state index is 13.5. The number of benzene rings is 1. The number of aromatic amines is 1. The van der Waals surface area contributed by atoms with E-state index in [-0.39, 0.29) is 48.2 Å². The fourth-order valence-corrected chi connectivity index (χ4v) is 2.86. The molecule has 0 unspecified atom stereocenters. The van der Waals surface area contributed by atoms with Gasteiger partial charge in [0.1, 0.15) is 5.69 Å². The van der Waals surface area contributed by atoms with E-state index >= 15 is 0 Å². The van der Waals surface area contributed by atoms with E-state index < -0.39 is 23.7 Å². The molecule has 1 N–H and O–H groups in total. The van der Waals surface area contributed by atoms with E-state index in [1.165, 1.54) is 13.0 Å². The normalized spacial score (nSPS) is 11.6. The third-order valence-corrected chi connectivity index (χ3v) is 3.82. The van der Waals surface area contributed by atoms with Gasteiger partial charge in [0.05, 0.1) is 18.8 Å². The number of nitrogens with one attached hydrogen (secondary N) is 1. The first kappa shape index (κ1) is 19.8. The number of halogens is 3. The first-order valence-electron chi connectivity index (χ1n) is 8.24. The second-order valence-corrected chi connectivity index (χ2v) is 5.74. The highest BCUT2D eigenvalue weighted by Gasteiger charge is 2.35. The van der Waals surface area contributed by atoms with Crippen LogP contribution in [-0.2, 0) is 26.9 Å². The number of aromatic nitrogens is 1. The predicted octanol–water partition coefficient (Wildman–Crippen LogP) is 4.17. The first-order chi connectivity index (χ1) is 12.2. The van der Waals surface area contributed by atoms with Gasteiger partial charge in [0.15, 0.2) is 0 Å². The Labute approximate surface area is 148 Å². The molecule has 0 aliphatic carbocycles. The summed E-state index contributed by atoms with van der Waals surface area (Å²) in [5.74, 6) is -1.30. The molecule has 1 aromatic heterocycles. The van der Waals surface area contributed by atoms with Crippen LogP contribution in [0.3, 0.4) is 0 Å². The monoisotopic (exact) mass is 371 g/mol. The van der Waals surface area contributed by atoms with Gasteiger partial charge < -0.3 is 14.5 Å². The number of alkyl halides is 3. The number of esters is 2. The molecule has 0 aliphatic heterocycles. The van der Waals surface area contributed by atoms with Gasteiger partial charge in [-0.05, 0) is 50.5 Å².